The Hall–Kier alpha value is -2.03. The number of aryl methyl sites for hydroxylation is 2. The Morgan fingerprint density at radius 1 is 1.28 bits per heavy atom. The van der Waals surface area contributed by atoms with Gasteiger partial charge in [-0.25, -0.2) is 0 Å². The van der Waals surface area contributed by atoms with Gasteiger partial charge in [0.2, 0.25) is 0 Å². The average Bonchev–Trinajstić information content (AvgIpc) is 2.41. The Kier molecular flexibility index (Phi) is 3.51. The molecule has 3 heteroatoms. The van der Waals surface area contributed by atoms with Crippen LogP contribution in [-0.4, -0.2) is 11.7 Å². The van der Waals surface area contributed by atoms with Crippen LogP contribution >= 0.6 is 0 Å². The highest BCUT2D eigenvalue weighted by Crippen LogP contribution is 2.21. The van der Waals surface area contributed by atoms with Gasteiger partial charge in [0.05, 0.1) is 7.11 Å². The molecule has 0 saturated carbocycles. The number of benzene rings is 1. The third-order valence-corrected chi connectivity index (χ3v) is 2.99. The highest BCUT2D eigenvalue weighted by Gasteiger charge is 2.08. The zero-order chi connectivity index (χ0) is 13.1. The van der Waals surface area contributed by atoms with Gasteiger partial charge in [-0.1, -0.05) is 19.1 Å². The maximum atomic E-state index is 12.3. The van der Waals surface area contributed by atoms with Gasteiger partial charge < -0.3 is 9.30 Å². The second-order valence-electron chi connectivity index (χ2n) is 4.28. The van der Waals surface area contributed by atoms with E-state index in [0.717, 1.165) is 28.9 Å². The van der Waals surface area contributed by atoms with Crippen molar-refractivity contribution in [1.82, 2.24) is 4.57 Å². The largest absolute Gasteiger partial charge is 0.497 e. The Morgan fingerprint density at radius 2 is 2.06 bits per heavy atom. The van der Waals surface area contributed by atoms with Crippen LogP contribution in [0.25, 0.3) is 11.1 Å². The zero-order valence-corrected chi connectivity index (χ0v) is 10.9. The fraction of sp³-hybridized carbons (Fsp3) is 0.267. The maximum Gasteiger partial charge on any atom is 0.192 e. The number of rotatable bonds is 3. The molecule has 3 nitrogen and oxygen atoms in total. The summed E-state index contributed by atoms with van der Waals surface area (Å²) in [5.41, 5.74) is 2.54. The maximum absolute atomic E-state index is 12.3. The van der Waals surface area contributed by atoms with Crippen LogP contribution in [0.15, 0.2) is 41.5 Å². The molecule has 0 aliphatic rings. The first-order valence-corrected chi connectivity index (χ1v) is 5.99. The summed E-state index contributed by atoms with van der Waals surface area (Å²) < 4.78 is 7.12. The Morgan fingerprint density at radius 3 is 2.72 bits per heavy atom. The van der Waals surface area contributed by atoms with E-state index < -0.39 is 0 Å². The molecule has 94 valence electrons. The number of methoxy groups -OCH3 is 1. The van der Waals surface area contributed by atoms with E-state index in [0.29, 0.717) is 0 Å². The molecular formula is C15H17NO2. The van der Waals surface area contributed by atoms with Crippen molar-refractivity contribution in [3.63, 3.8) is 0 Å². The fourth-order valence-electron chi connectivity index (χ4n) is 2.03. The Balaban J connectivity index is 2.63. The van der Waals surface area contributed by atoms with Gasteiger partial charge in [0.25, 0.3) is 0 Å². The second-order valence-corrected chi connectivity index (χ2v) is 4.28. The minimum atomic E-state index is 0.101. The van der Waals surface area contributed by atoms with Crippen molar-refractivity contribution in [2.24, 2.45) is 7.05 Å². The first kappa shape index (κ1) is 12.4. The van der Waals surface area contributed by atoms with E-state index in [9.17, 15) is 4.79 Å². The molecule has 0 spiro atoms. The SMILES string of the molecule is CCc1cn(C)cc(-c2cccc(OC)c2)c1=O. The Bertz CT molecular complexity index is 614. The van der Waals surface area contributed by atoms with Gasteiger partial charge in [0.15, 0.2) is 5.43 Å². The Labute approximate surface area is 107 Å². The van der Waals surface area contributed by atoms with Crippen LogP contribution in [0.2, 0.25) is 0 Å². The molecule has 0 aliphatic heterocycles. The van der Waals surface area contributed by atoms with Crippen LogP contribution in [0.4, 0.5) is 0 Å². The molecule has 0 unspecified atom stereocenters. The molecule has 0 atom stereocenters. The number of hydrogen-bond acceptors (Lipinski definition) is 2. The van der Waals surface area contributed by atoms with Crippen LogP contribution in [0.3, 0.4) is 0 Å². The summed E-state index contributed by atoms with van der Waals surface area (Å²) in [6.45, 7) is 1.99. The van der Waals surface area contributed by atoms with Gasteiger partial charge in [-0.15, -0.1) is 0 Å². The van der Waals surface area contributed by atoms with E-state index in [1.165, 1.54) is 0 Å². The molecule has 2 rings (SSSR count). The van der Waals surface area contributed by atoms with Crippen molar-refractivity contribution in [1.29, 1.82) is 0 Å². The van der Waals surface area contributed by atoms with E-state index in [2.05, 4.69) is 0 Å². The van der Waals surface area contributed by atoms with Crippen molar-refractivity contribution in [3.05, 3.63) is 52.4 Å². The summed E-state index contributed by atoms with van der Waals surface area (Å²) >= 11 is 0. The first-order valence-electron chi connectivity index (χ1n) is 5.99. The molecule has 0 amide bonds. The molecule has 1 aromatic heterocycles. The van der Waals surface area contributed by atoms with Gasteiger partial charge in [-0.3, -0.25) is 4.79 Å². The predicted molar refractivity (Wildman–Crippen MR) is 73.0 cm³/mol. The molecular weight excluding hydrogens is 226 g/mol. The van der Waals surface area contributed by atoms with Gasteiger partial charge in [0, 0.05) is 30.6 Å². The monoisotopic (exact) mass is 243 g/mol. The van der Waals surface area contributed by atoms with Crippen molar-refractivity contribution in [2.75, 3.05) is 7.11 Å². The van der Waals surface area contributed by atoms with Crippen LogP contribution < -0.4 is 10.2 Å². The van der Waals surface area contributed by atoms with Gasteiger partial charge in [0.1, 0.15) is 5.75 Å². The highest BCUT2D eigenvalue weighted by atomic mass is 16.5. The normalized spacial score (nSPS) is 10.4. The lowest BCUT2D eigenvalue weighted by Crippen LogP contribution is -2.13. The third kappa shape index (κ3) is 2.30. The number of aromatic nitrogens is 1. The molecule has 0 radical (unpaired) electrons. The van der Waals surface area contributed by atoms with Crippen LogP contribution in [0.5, 0.6) is 5.75 Å². The number of hydrogen-bond donors (Lipinski definition) is 0. The van der Waals surface area contributed by atoms with Gasteiger partial charge in [-0.2, -0.15) is 0 Å². The minimum absolute atomic E-state index is 0.101. The van der Waals surface area contributed by atoms with Gasteiger partial charge in [-0.05, 0) is 24.1 Å². The number of pyridine rings is 1. The highest BCUT2D eigenvalue weighted by molar-refractivity contribution is 5.64. The van der Waals surface area contributed by atoms with E-state index in [1.807, 2.05) is 55.2 Å². The van der Waals surface area contributed by atoms with Crippen LogP contribution in [0, 0.1) is 0 Å². The van der Waals surface area contributed by atoms with E-state index >= 15 is 0 Å². The lowest BCUT2D eigenvalue weighted by atomic mass is 10.0. The first-order chi connectivity index (χ1) is 8.65. The summed E-state index contributed by atoms with van der Waals surface area (Å²) in [6.07, 6.45) is 4.48. The molecule has 1 heterocycles. The standard InChI is InChI=1S/C15H17NO2/c1-4-11-9-16(2)10-14(15(11)17)12-6-5-7-13(8-12)18-3/h5-10H,4H2,1-3H3. The molecule has 0 bridgehead atoms. The molecule has 2 aromatic rings. The quantitative estimate of drug-likeness (QED) is 0.829. The van der Waals surface area contributed by atoms with Crippen LogP contribution in [-0.2, 0) is 13.5 Å². The average molecular weight is 243 g/mol. The zero-order valence-electron chi connectivity index (χ0n) is 10.9. The summed E-state index contributed by atoms with van der Waals surface area (Å²) in [6, 6.07) is 7.58. The minimum Gasteiger partial charge on any atom is -0.497 e. The number of ether oxygens (including phenoxy) is 1. The van der Waals surface area contributed by atoms with E-state index in [4.69, 9.17) is 4.74 Å². The molecule has 18 heavy (non-hydrogen) atoms. The van der Waals surface area contributed by atoms with Gasteiger partial charge >= 0.3 is 0 Å². The molecule has 0 aliphatic carbocycles. The van der Waals surface area contributed by atoms with Crippen molar-refractivity contribution in [2.45, 2.75) is 13.3 Å². The predicted octanol–water partition coefficient (Wildman–Crippen LogP) is 2.62. The number of nitrogens with zero attached hydrogens (tertiary/aromatic N) is 1. The van der Waals surface area contributed by atoms with E-state index in [-0.39, 0.29) is 5.43 Å². The van der Waals surface area contributed by atoms with Crippen molar-refractivity contribution < 1.29 is 4.74 Å². The second kappa shape index (κ2) is 5.08. The molecule has 1 aromatic carbocycles. The summed E-state index contributed by atoms with van der Waals surface area (Å²) in [5, 5.41) is 0. The van der Waals surface area contributed by atoms with Crippen LogP contribution in [0.1, 0.15) is 12.5 Å². The molecule has 0 N–H and O–H groups in total. The lowest BCUT2D eigenvalue weighted by molar-refractivity contribution is 0.415. The lowest BCUT2D eigenvalue weighted by Gasteiger charge is -2.08. The van der Waals surface area contributed by atoms with Crippen molar-refractivity contribution >= 4 is 0 Å². The fourth-order valence-corrected chi connectivity index (χ4v) is 2.03. The third-order valence-electron chi connectivity index (χ3n) is 2.99. The molecule has 0 fully saturated rings. The van der Waals surface area contributed by atoms with Crippen molar-refractivity contribution in [3.8, 4) is 16.9 Å². The summed E-state index contributed by atoms with van der Waals surface area (Å²) in [4.78, 5) is 12.3. The van der Waals surface area contributed by atoms with E-state index in [1.54, 1.807) is 7.11 Å². The smallest absolute Gasteiger partial charge is 0.192 e. The molecule has 0 saturated heterocycles. The topological polar surface area (TPSA) is 31.2 Å². The summed E-state index contributed by atoms with van der Waals surface area (Å²) in [7, 11) is 3.56. The summed E-state index contributed by atoms with van der Waals surface area (Å²) in [5.74, 6) is 0.761.